The number of ether oxygens (including phenoxy) is 2. The lowest BCUT2D eigenvalue weighted by Gasteiger charge is -2.09. The molecule has 0 aliphatic heterocycles. The molecule has 6 nitrogen and oxygen atoms in total. The van der Waals surface area contributed by atoms with Crippen LogP contribution in [0.3, 0.4) is 0 Å². The Kier molecular flexibility index (Phi) is 5.66. The highest BCUT2D eigenvalue weighted by Gasteiger charge is 2.06. The van der Waals surface area contributed by atoms with Gasteiger partial charge in [0.25, 0.3) is 0 Å². The van der Waals surface area contributed by atoms with Crippen LogP contribution in [-0.2, 0) is 9.47 Å². The van der Waals surface area contributed by atoms with Gasteiger partial charge in [-0.25, -0.2) is 9.79 Å². The van der Waals surface area contributed by atoms with Gasteiger partial charge in [-0.05, 0) is 19.1 Å². The second-order valence-corrected chi connectivity index (χ2v) is 3.53. The molecule has 6 heteroatoms. The Labute approximate surface area is 106 Å². The van der Waals surface area contributed by atoms with Crippen molar-refractivity contribution in [1.29, 1.82) is 0 Å². The number of carbonyl (C=O) groups excluding carboxylic acids is 1. The number of guanidine groups is 1. The molecule has 0 amide bonds. The zero-order chi connectivity index (χ0) is 13.4. The molecule has 1 aromatic carbocycles. The minimum absolute atomic E-state index is 0.0382. The Morgan fingerprint density at radius 3 is 2.56 bits per heavy atom. The number of benzene rings is 1. The third-order valence-corrected chi connectivity index (χ3v) is 2.02. The molecule has 0 bridgehead atoms. The molecule has 0 aliphatic carbocycles. The molecule has 1 rings (SSSR count). The predicted molar refractivity (Wildman–Crippen MR) is 67.9 cm³/mol. The standard InChI is InChI=1S/C12H17N3O3/c1-9(15-12(13)14)17-7-8-18-11(16)10-5-3-2-4-6-10/h2-6,9H,7-8H2,1H3,(H4,13,14,15). The first kappa shape index (κ1) is 14.0. The van der Waals surface area contributed by atoms with Crippen LogP contribution in [-0.4, -0.2) is 31.4 Å². The number of nitrogens with two attached hydrogens (primary N) is 2. The fourth-order valence-corrected chi connectivity index (χ4v) is 1.26. The van der Waals surface area contributed by atoms with E-state index in [2.05, 4.69) is 4.99 Å². The van der Waals surface area contributed by atoms with E-state index in [0.29, 0.717) is 5.56 Å². The fraction of sp³-hybridized carbons (Fsp3) is 0.333. The first-order valence-electron chi connectivity index (χ1n) is 5.52. The second kappa shape index (κ2) is 7.29. The van der Waals surface area contributed by atoms with Crippen LogP contribution >= 0.6 is 0 Å². The Balaban J connectivity index is 2.23. The van der Waals surface area contributed by atoms with Crippen molar-refractivity contribution in [3.8, 4) is 0 Å². The zero-order valence-corrected chi connectivity index (χ0v) is 10.2. The van der Waals surface area contributed by atoms with Crippen LogP contribution in [0.15, 0.2) is 35.3 Å². The number of aliphatic imine (C=N–C) groups is 1. The summed E-state index contributed by atoms with van der Waals surface area (Å²) in [5.41, 5.74) is 10.9. The molecule has 0 saturated carbocycles. The van der Waals surface area contributed by atoms with E-state index < -0.39 is 6.23 Å². The molecule has 0 saturated heterocycles. The molecule has 0 radical (unpaired) electrons. The third kappa shape index (κ3) is 5.31. The normalized spacial score (nSPS) is 11.6. The molecule has 1 aromatic rings. The minimum Gasteiger partial charge on any atom is -0.460 e. The topological polar surface area (TPSA) is 99.9 Å². The summed E-state index contributed by atoms with van der Waals surface area (Å²) in [5, 5.41) is 0. The third-order valence-electron chi connectivity index (χ3n) is 2.02. The van der Waals surface area contributed by atoms with Crippen LogP contribution in [0.25, 0.3) is 0 Å². The number of rotatable bonds is 6. The molecule has 0 aromatic heterocycles. The molecule has 0 aliphatic rings. The summed E-state index contributed by atoms with van der Waals surface area (Å²) in [5.74, 6) is -0.419. The molecule has 0 heterocycles. The van der Waals surface area contributed by atoms with Gasteiger partial charge in [0, 0.05) is 0 Å². The largest absolute Gasteiger partial charge is 0.460 e. The number of hydrogen-bond donors (Lipinski definition) is 2. The molecule has 1 unspecified atom stereocenters. The summed E-state index contributed by atoms with van der Waals surface area (Å²) in [6.45, 7) is 2.08. The van der Waals surface area contributed by atoms with E-state index in [1.54, 1.807) is 31.2 Å². The van der Waals surface area contributed by atoms with E-state index in [9.17, 15) is 4.79 Å². The summed E-state index contributed by atoms with van der Waals surface area (Å²) in [6.07, 6.45) is -0.453. The Bertz CT molecular complexity index is 402. The van der Waals surface area contributed by atoms with Gasteiger partial charge in [0.2, 0.25) is 0 Å². The number of esters is 1. The molecule has 98 valence electrons. The van der Waals surface area contributed by atoms with Gasteiger partial charge < -0.3 is 20.9 Å². The van der Waals surface area contributed by atoms with E-state index >= 15 is 0 Å². The van der Waals surface area contributed by atoms with Gasteiger partial charge in [-0.3, -0.25) is 0 Å². The lowest BCUT2D eigenvalue weighted by Crippen LogP contribution is -2.26. The Morgan fingerprint density at radius 2 is 1.94 bits per heavy atom. The van der Waals surface area contributed by atoms with E-state index in [4.69, 9.17) is 20.9 Å². The summed E-state index contributed by atoms with van der Waals surface area (Å²) in [7, 11) is 0. The zero-order valence-electron chi connectivity index (χ0n) is 10.2. The first-order chi connectivity index (χ1) is 8.59. The maximum atomic E-state index is 11.5. The highest BCUT2D eigenvalue weighted by molar-refractivity contribution is 5.89. The number of hydrogen-bond acceptors (Lipinski definition) is 4. The Hall–Kier alpha value is -2.08. The van der Waals surface area contributed by atoms with E-state index in [0.717, 1.165) is 0 Å². The van der Waals surface area contributed by atoms with Gasteiger partial charge >= 0.3 is 5.97 Å². The van der Waals surface area contributed by atoms with Crippen molar-refractivity contribution in [3.05, 3.63) is 35.9 Å². The smallest absolute Gasteiger partial charge is 0.338 e. The summed E-state index contributed by atoms with van der Waals surface area (Å²) in [4.78, 5) is 15.3. The van der Waals surface area contributed by atoms with Crippen LogP contribution in [0.2, 0.25) is 0 Å². The van der Waals surface area contributed by atoms with E-state index in [1.165, 1.54) is 0 Å². The lowest BCUT2D eigenvalue weighted by atomic mass is 10.2. The van der Waals surface area contributed by atoms with E-state index in [-0.39, 0.29) is 25.1 Å². The highest BCUT2D eigenvalue weighted by atomic mass is 16.6. The van der Waals surface area contributed by atoms with Crippen molar-refractivity contribution < 1.29 is 14.3 Å². The fourth-order valence-electron chi connectivity index (χ4n) is 1.26. The SMILES string of the molecule is CC(N=C(N)N)OCCOC(=O)c1ccccc1. The number of nitrogens with zero attached hydrogens (tertiary/aromatic N) is 1. The number of carbonyl (C=O) groups is 1. The monoisotopic (exact) mass is 251 g/mol. The van der Waals surface area contributed by atoms with Gasteiger partial charge in [0.1, 0.15) is 12.8 Å². The quantitative estimate of drug-likeness (QED) is 0.331. The van der Waals surface area contributed by atoms with Gasteiger partial charge in [-0.15, -0.1) is 0 Å². The Morgan fingerprint density at radius 1 is 1.28 bits per heavy atom. The summed E-state index contributed by atoms with van der Waals surface area (Å²) < 4.78 is 10.2. The van der Waals surface area contributed by atoms with Gasteiger partial charge in [-0.1, -0.05) is 18.2 Å². The van der Waals surface area contributed by atoms with Crippen LogP contribution in [0, 0.1) is 0 Å². The molecule has 0 fully saturated rings. The van der Waals surface area contributed by atoms with Crippen molar-refractivity contribution >= 4 is 11.9 Å². The minimum atomic E-state index is -0.453. The maximum absolute atomic E-state index is 11.5. The summed E-state index contributed by atoms with van der Waals surface area (Å²) >= 11 is 0. The molecule has 1 atom stereocenters. The van der Waals surface area contributed by atoms with Gasteiger partial charge in [0.15, 0.2) is 5.96 Å². The average Bonchev–Trinajstić information content (AvgIpc) is 2.34. The first-order valence-corrected chi connectivity index (χ1v) is 5.52. The van der Waals surface area contributed by atoms with Crippen molar-refractivity contribution in [2.75, 3.05) is 13.2 Å². The second-order valence-electron chi connectivity index (χ2n) is 3.53. The molecule has 0 spiro atoms. The lowest BCUT2D eigenvalue weighted by molar-refractivity contribution is 0.0153. The molecular weight excluding hydrogens is 234 g/mol. The molecule has 4 N–H and O–H groups in total. The van der Waals surface area contributed by atoms with Gasteiger partial charge in [-0.2, -0.15) is 0 Å². The van der Waals surface area contributed by atoms with Gasteiger partial charge in [0.05, 0.1) is 12.2 Å². The van der Waals surface area contributed by atoms with Crippen LogP contribution < -0.4 is 11.5 Å². The summed E-state index contributed by atoms with van der Waals surface area (Å²) in [6, 6.07) is 8.75. The van der Waals surface area contributed by atoms with Crippen LogP contribution in [0.5, 0.6) is 0 Å². The van der Waals surface area contributed by atoms with E-state index in [1.807, 2.05) is 6.07 Å². The predicted octanol–water partition coefficient (Wildman–Crippen LogP) is 0.479. The van der Waals surface area contributed by atoms with Crippen molar-refractivity contribution in [3.63, 3.8) is 0 Å². The van der Waals surface area contributed by atoms with Crippen molar-refractivity contribution in [2.24, 2.45) is 16.5 Å². The van der Waals surface area contributed by atoms with Crippen molar-refractivity contribution in [2.45, 2.75) is 13.2 Å². The van der Waals surface area contributed by atoms with Crippen LogP contribution in [0.4, 0.5) is 0 Å². The average molecular weight is 251 g/mol. The van der Waals surface area contributed by atoms with Crippen LogP contribution in [0.1, 0.15) is 17.3 Å². The highest BCUT2D eigenvalue weighted by Crippen LogP contribution is 2.01. The maximum Gasteiger partial charge on any atom is 0.338 e. The van der Waals surface area contributed by atoms with Crippen molar-refractivity contribution in [1.82, 2.24) is 0 Å². The molecular formula is C12H17N3O3. The molecule has 18 heavy (non-hydrogen) atoms.